The fraction of sp³-hybridized carbons (Fsp3) is 0.385. The van der Waals surface area contributed by atoms with E-state index in [1.165, 1.54) is 41.2 Å². The maximum absolute atomic E-state index is 6.60. The molecule has 0 radical (unpaired) electrons. The molecule has 0 aromatic heterocycles. The van der Waals surface area contributed by atoms with Gasteiger partial charge in [0.2, 0.25) is 0 Å². The van der Waals surface area contributed by atoms with Crippen LogP contribution < -0.4 is 14.8 Å². The van der Waals surface area contributed by atoms with E-state index in [9.17, 15) is 0 Å². The van der Waals surface area contributed by atoms with E-state index < -0.39 is 0 Å². The lowest BCUT2D eigenvalue weighted by Gasteiger charge is -2.45. The van der Waals surface area contributed by atoms with Crippen molar-refractivity contribution in [1.82, 2.24) is 5.32 Å². The molecule has 0 saturated heterocycles. The Morgan fingerprint density at radius 3 is 2.62 bits per heavy atom. The third kappa shape index (κ3) is 3.72. The van der Waals surface area contributed by atoms with Crippen molar-refractivity contribution in [3.8, 4) is 11.5 Å². The lowest BCUT2D eigenvalue weighted by atomic mass is 9.77. The van der Waals surface area contributed by atoms with E-state index in [4.69, 9.17) is 9.47 Å². The molecule has 0 bridgehead atoms. The topological polar surface area (TPSA) is 30.5 Å². The molecule has 3 heteroatoms. The molecule has 29 heavy (non-hydrogen) atoms. The summed E-state index contributed by atoms with van der Waals surface area (Å²) in [6, 6.07) is 21.8. The monoisotopic (exact) mass is 387 g/mol. The molecule has 1 saturated carbocycles. The summed E-state index contributed by atoms with van der Waals surface area (Å²) in [5, 5.41) is 6.43. The molecule has 1 heterocycles. The van der Waals surface area contributed by atoms with Gasteiger partial charge in [-0.2, -0.15) is 0 Å². The predicted molar refractivity (Wildman–Crippen MR) is 118 cm³/mol. The maximum atomic E-state index is 6.60. The van der Waals surface area contributed by atoms with E-state index in [1.807, 2.05) is 6.07 Å². The number of rotatable bonds is 4. The van der Waals surface area contributed by atoms with Gasteiger partial charge in [0.15, 0.2) is 0 Å². The smallest absolute Gasteiger partial charge is 0.125 e. The maximum Gasteiger partial charge on any atom is 0.125 e. The Morgan fingerprint density at radius 1 is 0.966 bits per heavy atom. The van der Waals surface area contributed by atoms with E-state index >= 15 is 0 Å². The van der Waals surface area contributed by atoms with Crippen molar-refractivity contribution in [2.24, 2.45) is 0 Å². The largest absolute Gasteiger partial charge is 0.497 e. The lowest BCUT2D eigenvalue weighted by Crippen LogP contribution is -2.45. The summed E-state index contributed by atoms with van der Waals surface area (Å²) in [5.74, 6) is 1.92. The van der Waals surface area contributed by atoms with Crippen LogP contribution >= 0.6 is 0 Å². The third-order valence-corrected chi connectivity index (χ3v) is 6.63. The molecule has 3 nitrogen and oxygen atoms in total. The number of fused-ring (bicyclic) bond motifs is 2. The van der Waals surface area contributed by atoms with Crippen molar-refractivity contribution in [2.75, 3.05) is 7.11 Å². The third-order valence-electron chi connectivity index (χ3n) is 6.63. The number of nitrogens with one attached hydrogen (secondary N) is 1. The Morgan fingerprint density at radius 2 is 1.79 bits per heavy atom. The van der Waals surface area contributed by atoms with Crippen LogP contribution in [0.1, 0.15) is 55.7 Å². The molecule has 2 aliphatic rings. The first-order chi connectivity index (χ1) is 14.2. The molecule has 5 rings (SSSR count). The zero-order chi connectivity index (χ0) is 19.7. The van der Waals surface area contributed by atoms with E-state index in [0.29, 0.717) is 0 Å². The highest BCUT2D eigenvalue weighted by molar-refractivity contribution is 5.82. The molecular formula is C26H29NO2. The first-order valence-electron chi connectivity index (χ1n) is 10.8. The minimum Gasteiger partial charge on any atom is -0.497 e. The zero-order valence-corrected chi connectivity index (χ0v) is 17.1. The summed E-state index contributed by atoms with van der Waals surface area (Å²) >= 11 is 0. The Bertz CT molecular complexity index is 1010. The molecule has 3 aromatic carbocycles. The first kappa shape index (κ1) is 18.5. The summed E-state index contributed by atoms with van der Waals surface area (Å²) in [5.41, 5.74) is 2.53. The van der Waals surface area contributed by atoms with Gasteiger partial charge in [0.05, 0.1) is 7.11 Å². The van der Waals surface area contributed by atoms with Gasteiger partial charge < -0.3 is 14.8 Å². The summed E-state index contributed by atoms with van der Waals surface area (Å²) < 4.78 is 12.1. The minimum absolute atomic E-state index is 0.0130. The van der Waals surface area contributed by atoms with Gasteiger partial charge in [-0.15, -0.1) is 0 Å². The van der Waals surface area contributed by atoms with Crippen molar-refractivity contribution >= 4 is 10.8 Å². The number of methoxy groups -OCH3 is 1. The normalized spacial score (nSPS) is 20.2. The van der Waals surface area contributed by atoms with Crippen molar-refractivity contribution in [3.63, 3.8) is 0 Å². The minimum atomic E-state index is -0.0130. The van der Waals surface area contributed by atoms with E-state index in [1.54, 1.807) is 7.11 Å². The van der Waals surface area contributed by atoms with E-state index in [0.717, 1.165) is 37.3 Å². The Hall–Kier alpha value is -2.52. The highest BCUT2D eigenvalue weighted by Gasteiger charge is 2.41. The van der Waals surface area contributed by atoms with Gasteiger partial charge in [-0.05, 0) is 66.3 Å². The number of hydrogen-bond donors (Lipinski definition) is 1. The molecule has 1 N–H and O–H groups in total. The van der Waals surface area contributed by atoms with Crippen LogP contribution in [0, 0.1) is 0 Å². The molecule has 1 aliphatic heterocycles. The SMILES string of the molecule is COc1ccc2c(c1)C(NCc1ccc3ccccc3c1)CC1(CCCCC1)O2. The van der Waals surface area contributed by atoms with Gasteiger partial charge in [0.1, 0.15) is 17.1 Å². The quantitative estimate of drug-likeness (QED) is 0.581. The van der Waals surface area contributed by atoms with Crippen LogP contribution in [0.3, 0.4) is 0 Å². The van der Waals surface area contributed by atoms with Crippen LogP contribution in [0.4, 0.5) is 0 Å². The van der Waals surface area contributed by atoms with Crippen molar-refractivity contribution in [3.05, 3.63) is 71.8 Å². The molecular weight excluding hydrogens is 358 g/mol. The second-order valence-corrected chi connectivity index (χ2v) is 8.57. The highest BCUT2D eigenvalue weighted by Crippen LogP contribution is 2.47. The van der Waals surface area contributed by atoms with Crippen molar-refractivity contribution < 1.29 is 9.47 Å². The Labute approximate surface area is 173 Å². The highest BCUT2D eigenvalue weighted by atomic mass is 16.5. The summed E-state index contributed by atoms with van der Waals surface area (Å²) in [4.78, 5) is 0. The molecule has 3 aromatic rings. The Balaban J connectivity index is 1.42. The van der Waals surface area contributed by atoms with Gasteiger partial charge in [0.25, 0.3) is 0 Å². The van der Waals surface area contributed by atoms with Crippen molar-refractivity contribution in [2.45, 2.75) is 56.7 Å². The van der Waals surface area contributed by atoms with Gasteiger partial charge in [-0.1, -0.05) is 42.8 Å². The number of hydrogen-bond acceptors (Lipinski definition) is 3. The molecule has 1 atom stereocenters. The molecule has 1 spiro atoms. The first-order valence-corrected chi connectivity index (χ1v) is 10.8. The fourth-order valence-corrected chi connectivity index (χ4v) is 5.05. The van der Waals surface area contributed by atoms with Crippen LogP contribution in [0.25, 0.3) is 10.8 Å². The van der Waals surface area contributed by atoms with E-state index in [2.05, 4.69) is 59.9 Å². The molecule has 1 unspecified atom stereocenters. The van der Waals surface area contributed by atoms with Crippen LogP contribution in [0.2, 0.25) is 0 Å². The van der Waals surface area contributed by atoms with Crippen LogP contribution in [-0.4, -0.2) is 12.7 Å². The van der Waals surface area contributed by atoms with Gasteiger partial charge in [-0.25, -0.2) is 0 Å². The standard InChI is InChI=1S/C26H29NO2/c1-28-22-11-12-25-23(16-22)24(17-26(29-25)13-5-2-6-14-26)27-18-19-9-10-20-7-3-4-8-21(20)15-19/h3-4,7-12,15-16,24,27H,2,5-6,13-14,17-18H2,1H3. The van der Waals surface area contributed by atoms with Crippen LogP contribution in [-0.2, 0) is 6.54 Å². The second-order valence-electron chi connectivity index (χ2n) is 8.57. The van der Waals surface area contributed by atoms with Crippen LogP contribution in [0.5, 0.6) is 11.5 Å². The number of benzene rings is 3. The van der Waals surface area contributed by atoms with Crippen molar-refractivity contribution in [1.29, 1.82) is 0 Å². The molecule has 150 valence electrons. The predicted octanol–water partition coefficient (Wildman–Crippen LogP) is 6.16. The lowest BCUT2D eigenvalue weighted by molar-refractivity contribution is -0.00300. The Kier molecular flexibility index (Phi) is 4.92. The zero-order valence-electron chi connectivity index (χ0n) is 17.1. The molecule has 1 fully saturated rings. The van der Waals surface area contributed by atoms with Gasteiger partial charge >= 0.3 is 0 Å². The summed E-state index contributed by atoms with van der Waals surface area (Å²) in [6.45, 7) is 0.849. The molecule has 0 amide bonds. The molecule has 1 aliphatic carbocycles. The van der Waals surface area contributed by atoms with Gasteiger partial charge in [0, 0.05) is 24.6 Å². The average molecular weight is 388 g/mol. The number of ether oxygens (including phenoxy) is 2. The fourth-order valence-electron chi connectivity index (χ4n) is 5.05. The average Bonchev–Trinajstić information content (AvgIpc) is 2.77. The second kappa shape index (κ2) is 7.72. The van der Waals surface area contributed by atoms with Gasteiger partial charge in [-0.3, -0.25) is 0 Å². The van der Waals surface area contributed by atoms with Crippen LogP contribution in [0.15, 0.2) is 60.7 Å². The van der Waals surface area contributed by atoms with E-state index in [-0.39, 0.29) is 11.6 Å². The summed E-state index contributed by atoms with van der Waals surface area (Å²) in [7, 11) is 1.73. The summed E-state index contributed by atoms with van der Waals surface area (Å²) in [6.07, 6.45) is 7.21.